The second-order valence-corrected chi connectivity index (χ2v) is 6.41. The summed E-state index contributed by atoms with van der Waals surface area (Å²) in [6.45, 7) is 10.6. The first-order valence-electron chi connectivity index (χ1n) is 4.73. The van der Waals surface area contributed by atoms with Crippen LogP contribution in [0.5, 0.6) is 0 Å². The molecule has 3 atom stereocenters. The zero-order valence-electron chi connectivity index (χ0n) is 9.61. The molecule has 0 spiro atoms. The van der Waals surface area contributed by atoms with Crippen LogP contribution in [-0.2, 0) is 15.8 Å². The van der Waals surface area contributed by atoms with Crippen molar-refractivity contribution in [1.29, 1.82) is 0 Å². The molecule has 5 heteroatoms. The van der Waals surface area contributed by atoms with E-state index in [9.17, 15) is 9.00 Å². The normalized spacial score (nSPS) is 17.9. The second-order valence-electron chi connectivity index (χ2n) is 4.41. The Morgan fingerprint density at radius 3 is 2.27 bits per heavy atom. The van der Waals surface area contributed by atoms with E-state index in [1.54, 1.807) is 27.7 Å². The maximum absolute atomic E-state index is 11.7. The van der Waals surface area contributed by atoms with Gasteiger partial charge in [0.05, 0.1) is 15.7 Å². The molecule has 0 rings (SSSR count). The molecule has 0 aromatic heterocycles. The number of nitrogens with one attached hydrogen (secondary N) is 1. The highest BCUT2D eigenvalue weighted by Crippen LogP contribution is 2.12. The van der Waals surface area contributed by atoms with E-state index in [4.69, 9.17) is 5.11 Å². The Balaban J connectivity index is 4.64. The molecule has 0 aromatic carbocycles. The van der Waals surface area contributed by atoms with Crippen LogP contribution in [0.15, 0.2) is 12.7 Å². The van der Waals surface area contributed by atoms with E-state index in [-0.39, 0.29) is 5.92 Å². The van der Waals surface area contributed by atoms with Gasteiger partial charge >= 0.3 is 5.97 Å². The number of rotatable bonds is 5. The van der Waals surface area contributed by atoms with Gasteiger partial charge in [0.2, 0.25) is 0 Å². The van der Waals surface area contributed by atoms with E-state index in [1.807, 2.05) is 0 Å². The van der Waals surface area contributed by atoms with E-state index in [0.717, 1.165) is 0 Å². The fraction of sp³-hybridized carbons (Fsp3) is 0.700. The molecule has 2 N–H and O–H groups in total. The van der Waals surface area contributed by atoms with Crippen molar-refractivity contribution in [3.8, 4) is 0 Å². The van der Waals surface area contributed by atoms with Gasteiger partial charge in [-0.3, -0.25) is 4.79 Å². The first kappa shape index (κ1) is 14.3. The van der Waals surface area contributed by atoms with Gasteiger partial charge in [0.1, 0.15) is 6.04 Å². The highest BCUT2D eigenvalue weighted by Gasteiger charge is 2.28. The van der Waals surface area contributed by atoms with Crippen molar-refractivity contribution in [1.82, 2.24) is 4.72 Å². The lowest BCUT2D eigenvalue weighted by molar-refractivity contribution is -0.139. The molecule has 0 amide bonds. The Kier molecular flexibility index (Phi) is 5.17. The van der Waals surface area contributed by atoms with E-state index in [2.05, 4.69) is 11.3 Å². The lowest BCUT2D eigenvalue weighted by Gasteiger charge is -2.24. The van der Waals surface area contributed by atoms with Crippen molar-refractivity contribution in [2.45, 2.75) is 38.5 Å². The summed E-state index contributed by atoms with van der Waals surface area (Å²) in [4.78, 5) is 10.9. The van der Waals surface area contributed by atoms with Crippen LogP contribution in [0.4, 0.5) is 0 Å². The highest BCUT2D eigenvalue weighted by atomic mass is 32.2. The summed E-state index contributed by atoms with van der Waals surface area (Å²) in [6.07, 6.45) is 1.53. The number of hydrogen-bond acceptors (Lipinski definition) is 2. The minimum absolute atomic E-state index is 0.270. The number of carbonyl (C=O) groups is 1. The summed E-state index contributed by atoms with van der Waals surface area (Å²) in [5, 5.41) is 8.94. The highest BCUT2D eigenvalue weighted by molar-refractivity contribution is 7.84. The van der Waals surface area contributed by atoms with Gasteiger partial charge in [0.25, 0.3) is 0 Å². The number of carboxylic acids is 1. The van der Waals surface area contributed by atoms with Crippen molar-refractivity contribution in [2.75, 3.05) is 0 Å². The van der Waals surface area contributed by atoms with Gasteiger partial charge in [-0.2, -0.15) is 0 Å². The van der Waals surface area contributed by atoms with Gasteiger partial charge in [-0.05, 0) is 20.8 Å². The largest absolute Gasteiger partial charge is 0.480 e. The molecule has 0 aromatic rings. The summed E-state index contributed by atoms with van der Waals surface area (Å²) in [5.41, 5.74) is 0. The van der Waals surface area contributed by atoms with Crippen LogP contribution < -0.4 is 4.72 Å². The fourth-order valence-electron chi connectivity index (χ4n) is 0.811. The summed E-state index contributed by atoms with van der Waals surface area (Å²) >= 11 is 0. The molecule has 15 heavy (non-hydrogen) atoms. The van der Waals surface area contributed by atoms with Crippen LogP contribution in [0.25, 0.3) is 0 Å². The lowest BCUT2D eigenvalue weighted by atomic mass is 10.0. The van der Waals surface area contributed by atoms with Gasteiger partial charge in [-0.1, -0.05) is 13.0 Å². The van der Waals surface area contributed by atoms with Crippen molar-refractivity contribution in [2.24, 2.45) is 5.92 Å². The molecule has 0 aliphatic rings. The van der Waals surface area contributed by atoms with Crippen molar-refractivity contribution in [3.63, 3.8) is 0 Å². The predicted molar refractivity (Wildman–Crippen MR) is 61.8 cm³/mol. The summed E-state index contributed by atoms with van der Waals surface area (Å²) < 4.78 is 13.8. The maximum atomic E-state index is 11.7. The Labute approximate surface area is 93.3 Å². The molecule has 4 nitrogen and oxygen atoms in total. The quantitative estimate of drug-likeness (QED) is 0.704. The summed E-state index contributed by atoms with van der Waals surface area (Å²) in [7, 11) is -1.39. The second kappa shape index (κ2) is 5.42. The monoisotopic (exact) mass is 233 g/mol. The molecule has 0 saturated carbocycles. The molecule has 0 bridgehead atoms. The van der Waals surface area contributed by atoms with E-state index < -0.39 is 27.7 Å². The first-order valence-corrected chi connectivity index (χ1v) is 5.88. The SMILES string of the molecule is C=C[C@@H](C)[C@H](N[S@@](=O)C(C)(C)C)C(=O)O. The Morgan fingerprint density at radius 2 is 2.00 bits per heavy atom. The predicted octanol–water partition coefficient (Wildman–Crippen LogP) is 1.31. The van der Waals surface area contributed by atoms with Crippen molar-refractivity contribution in [3.05, 3.63) is 12.7 Å². The molecule has 0 aliphatic carbocycles. The van der Waals surface area contributed by atoms with Gasteiger partial charge in [0.15, 0.2) is 0 Å². The van der Waals surface area contributed by atoms with Crippen molar-refractivity contribution >= 4 is 17.0 Å². The van der Waals surface area contributed by atoms with Crippen LogP contribution in [0.3, 0.4) is 0 Å². The minimum Gasteiger partial charge on any atom is -0.480 e. The maximum Gasteiger partial charge on any atom is 0.322 e. The summed E-state index contributed by atoms with van der Waals surface area (Å²) in [6, 6.07) is -0.859. The fourth-order valence-corrected chi connectivity index (χ4v) is 1.71. The molecular formula is C10H19NO3S. The van der Waals surface area contributed by atoms with Crippen LogP contribution in [0.1, 0.15) is 27.7 Å². The molecule has 0 aliphatic heterocycles. The third-order valence-electron chi connectivity index (χ3n) is 1.95. The average molecular weight is 233 g/mol. The topological polar surface area (TPSA) is 66.4 Å². The van der Waals surface area contributed by atoms with Crippen LogP contribution in [0.2, 0.25) is 0 Å². The van der Waals surface area contributed by atoms with Crippen LogP contribution in [-0.4, -0.2) is 26.1 Å². The van der Waals surface area contributed by atoms with E-state index >= 15 is 0 Å². The number of hydrogen-bond donors (Lipinski definition) is 2. The molecule has 88 valence electrons. The smallest absolute Gasteiger partial charge is 0.322 e. The summed E-state index contributed by atoms with van der Waals surface area (Å²) in [5.74, 6) is -1.28. The average Bonchev–Trinajstić information content (AvgIpc) is 2.10. The molecule has 0 saturated heterocycles. The molecule has 0 unspecified atom stereocenters. The van der Waals surface area contributed by atoms with Gasteiger partial charge in [0, 0.05) is 5.92 Å². The Morgan fingerprint density at radius 1 is 1.53 bits per heavy atom. The van der Waals surface area contributed by atoms with E-state index in [0.29, 0.717) is 0 Å². The van der Waals surface area contributed by atoms with E-state index in [1.165, 1.54) is 6.08 Å². The zero-order chi connectivity index (χ0) is 12.2. The van der Waals surface area contributed by atoms with Crippen LogP contribution in [0, 0.1) is 5.92 Å². The first-order chi connectivity index (χ1) is 6.70. The van der Waals surface area contributed by atoms with Gasteiger partial charge in [-0.25, -0.2) is 8.93 Å². The molecular weight excluding hydrogens is 214 g/mol. The standard InChI is InChI=1S/C10H19NO3S/c1-6-7(2)8(9(12)13)11-15(14)10(3,4)5/h6-8,11H,1H2,2-5H3,(H,12,13)/t7-,8+,15+/m1/s1. The number of aliphatic carboxylic acids is 1. The van der Waals surface area contributed by atoms with Gasteiger partial charge in [-0.15, -0.1) is 6.58 Å². The van der Waals surface area contributed by atoms with Crippen LogP contribution >= 0.6 is 0 Å². The molecule has 0 radical (unpaired) electrons. The van der Waals surface area contributed by atoms with Crippen molar-refractivity contribution < 1.29 is 14.1 Å². The molecule has 0 heterocycles. The third kappa shape index (κ3) is 4.57. The van der Waals surface area contributed by atoms with Gasteiger partial charge < -0.3 is 5.11 Å². The number of carboxylic acid groups (broad SMARTS) is 1. The third-order valence-corrected chi connectivity index (χ3v) is 3.53. The zero-order valence-corrected chi connectivity index (χ0v) is 10.4. The Bertz CT molecular complexity index is 270. The lowest BCUT2D eigenvalue weighted by Crippen LogP contribution is -2.46. The minimum atomic E-state index is -1.39. The molecule has 0 fully saturated rings. The Hall–Kier alpha value is -0.680.